The van der Waals surface area contributed by atoms with Crippen LogP contribution in [0.5, 0.6) is 0 Å². The lowest BCUT2D eigenvalue weighted by Crippen LogP contribution is -2.36. The van der Waals surface area contributed by atoms with Crippen molar-refractivity contribution in [2.75, 3.05) is 34.3 Å². The quantitative estimate of drug-likeness (QED) is 0.373. The number of nitrogens with zero attached hydrogens (tertiary/aromatic N) is 1. The second kappa shape index (κ2) is 5.64. The molecule has 0 saturated heterocycles. The molecule has 0 aliphatic carbocycles. The molecule has 0 unspecified atom stereocenters. The average molecular weight is 199 g/mol. The minimum Gasteiger partial charge on any atom is -0.822 e. The van der Waals surface area contributed by atoms with Crippen LogP contribution in [0.2, 0.25) is 0 Å². The van der Waals surface area contributed by atoms with Gasteiger partial charge in [0, 0.05) is 0 Å². The highest BCUT2D eigenvalue weighted by molar-refractivity contribution is 7.40. The predicted octanol–water partition coefficient (Wildman–Crippen LogP) is -3.14. The summed E-state index contributed by atoms with van der Waals surface area (Å²) in [6.45, 7) is 1.11. The summed E-state index contributed by atoms with van der Waals surface area (Å²) in [5, 5.41) is 8.39. The second-order valence-electron chi connectivity index (χ2n) is 3.18. The van der Waals surface area contributed by atoms with Crippen LogP contribution in [0.25, 0.3) is 0 Å². The number of hydrogen-bond donors (Lipinski definition) is 1. The first kappa shape index (κ1) is 14.5. The Bertz CT molecular complexity index is 140. The van der Waals surface area contributed by atoms with Gasteiger partial charge in [0.05, 0.1) is 27.7 Å². The molecule has 76 valence electrons. The summed E-state index contributed by atoms with van der Waals surface area (Å²) in [5.74, 6) is 0. The van der Waals surface area contributed by atoms with Gasteiger partial charge >= 0.3 is 0 Å². The fourth-order valence-corrected chi connectivity index (χ4v) is 0.300. The van der Waals surface area contributed by atoms with Gasteiger partial charge in [0.2, 0.25) is 0 Å². The fourth-order valence-electron chi connectivity index (χ4n) is 0.300. The smallest absolute Gasteiger partial charge is 0.101 e. The van der Waals surface area contributed by atoms with Crippen molar-refractivity contribution in [1.29, 1.82) is 0 Å². The summed E-state index contributed by atoms with van der Waals surface area (Å²) in [5.41, 5.74) is 0. The maximum absolute atomic E-state index is 8.55. The molecule has 0 bridgehead atoms. The zero-order chi connectivity index (χ0) is 10.4. The first-order valence-electron chi connectivity index (χ1n) is 3.20. The summed E-state index contributed by atoms with van der Waals surface area (Å²) >= 11 is 0. The van der Waals surface area contributed by atoms with Crippen LogP contribution in [0.15, 0.2) is 0 Å². The Morgan fingerprint density at radius 2 is 1.50 bits per heavy atom. The third-order valence-electron chi connectivity index (χ3n) is 0.771. The Morgan fingerprint density at radius 1 is 1.25 bits per heavy atom. The van der Waals surface area contributed by atoms with Crippen LogP contribution in [0, 0.1) is 0 Å². The van der Waals surface area contributed by atoms with Crippen molar-refractivity contribution >= 4 is 7.82 Å². The summed E-state index contributed by atoms with van der Waals surface area (Å²) in [7, 11) is 0.767. The Balaban J connectivity index is 0. The largest absolute Gasteiger partial charge is 0.822 e. The summed E-state index contributed by atoms with van der Waals surface area (Å²) in [4.78, 5) is 25.6. The minimum absolute atomic E-state index is 0.281. The van der Waals surface area contributed by atoms with Crippen LogP contribution in [0.1, 0.15) is 0 Å². The molecule has 0 aromatic rings. The molecule has 0 rings (SSSR count). The third-order valence-corrected chi connectivity index (χ3v) is 0.771. The summed E-state index contributed by atoms with van der Waals surface area (Å²) in [6.07, 6.45) is 0. The molecule has 0 atom stereocenters. The lowest BCUT2D eigenvalue weighted by atomic mass is 10.5. The monoisotopic (exact) mass is 199 g/mol. The predicted molar refractivity (Wildman–Crippen MR) is 37.6 cm³/mol. The van der Waals surface area contributed by atoms with Gasteiger partial charge in [-0.25, -0.2) is 0 Å². The molecule has 0 amide bonds. The van der Waals surface area contributed by atoms with Crippen molar-refractivity contribution in [3.05, 3.63) is 0 Å². The number of phosphoric acid groups is 1. The Labute approximate surface area is 71.9 Å². The van der Waals surface area contributed by atoms with Gasteiger partial charge in [-0.1, -0.05) is 0 Å². The molecule has 12 heavy (non-hydrogen) atoms. The molecule has 0 heterocycles. The van der Waals surface area contributed by atoms with Gasteiger partial charge in [0.25, 0.3) is 0 Å². The minimum atomic E-state index is -5.39. The van der Waals surface area contributed by atoms with Gasteiger partial charge in [-0.05, 0) is 0 Å². The number of hydrogen-bond acceptors (Lipinski definition) is 5. The highest BCUT2D eigenvalue weighted by atomic mass is 31.2. The van der Waals surface area contributed by atoms with Crippen molar-refractivity contribution in [3.8, 4) is 0 Å². The molecule has 7 heteroatoms. The van der Waals surface area contributed by atoms with Crippen LogP contribution in [0.4, 0.5) is 0 Å². The highest BCUT2D eigenvalue weighted by Gasteiger charge is 2.02. The van der Waals surface area contributed by atoms with E-state index >= 15 is 0 Å². The van der Waals surface area contributed by atoms with Gasteiger partial charge < -0.3 is 28.8 Å². The molecule has 0 aromatic heterocycles. The first-order chi connectivity index (χ1) is 5.06. The highest BCUT2D eigenvalue weighted by Crippen LogP contribution is 2.03. The standard InChI is InChI=1S/C5H14NO.H3O4P/c1-6(2,3)4-5-7;1-5(2,3)4/h7H,4-5H2,1-3H3;(H3,1,2,3,4)/q+1;/p-3. The zero-order valence-corrected chi connectivity index (χ0v) is 8.28. The number of quaternary nitrogens is 1. The number of aliphatic hydroxyl groups excluding tert-OH is 1. The maximum Gasteiger partial charge on any atom is 0.101 e. The third kappa shape index (κ3) is 50.4. The van der Waals surface area contributed by atoms with E-state index in [0.717, 1.165) is 11.0 Å². The van der Waals surface area contributed by atoms with E-state index < -0.39 is 7.82 Å². The number of aliphatic hydroxyl groups is 1. The molecule has 0 radical (unpaired) electrons. The molecule has 1 N–H and O–H groups in total. The van der Waals surface area contributed by atoms with Crippen molar-refractivity contribution in [2.45, 2.75) is 0 Å². The maximum atomic E-state index is 8.55. The van der Waals surface area contributed by atoms with E-state index in [4.69, 9.17) is 24.4 Å². The van der Waals surface area contributed by atoms with E-state index in [9.17, 15) is 0 Å². The SMILES string of the molecule is C[N+](C)(C)CCO.O=P([O-])([O-])[O-]. The molecule has 0 fully saturated rings. The van der Waals surface area contributed by atoms with Gasteiger partial charge in [-0.15, -0.1) is 0 Å². The Morgan fingerprint density at radius 3 is 1.50 bits per heavy atom. The topological polar surface area (TPSA) is 106 Å². The lowest BCUT2D eigenvalue weighted by Gasteiger charge is -2.36. The van der Waals surface area contributed by atoms with Gasteiger partial charge in [-0.2, -0.15) is 7.82 Å². The van der Waals surface area contributed by atoms with Crippen molar-refractivity contribution in [1.82, 2.24) is 0 Å². The zero-order valence-electron chi connectivity index (χ0n) is 7.39. The average Bonchev–Trinajstić information content (AvgIpc) is 1.54. The van der Waals surface area contributed by atoms with E-state index in [2.05, 4.69) is 21.1 Å². The van der Waals surface area contributed by atoms with Crippen molar-refractivity contribution < 1.29 is 28.8 Å². The van der Waals surface area contributed by atoms with Crippen LogP contribution >= 0.6 is 7.82 Å². The number of likely N-dealkylation sites (N-methyl/N-ethyl adjacent to an activating group) is 1. The van der Waals surface area contributed by atoms with E-state index in [0.29, 0.717) is 0 Å². The van der Waals surface area contributed by atoms with Crippen LogP contribution in [0.3, 0.4) is 0 Å². The van der Waals surface area contributed by atoms with E-state index in [-0.39, 0.29) is 6.61 Å². The molecule has 0 aromatic carbocycles. The molecule has 0 spiro atoms. The molecule has 0 aliphatic rings. The van der Waals surface area contributed by atoms with Crippen molar-refractivity contribution in [2.24, 2.45) is 0 Å². The summed E-state index contributed by atoms with van der Waals surface area (Å²) in [6, 6.07) is 0. The lowest BCUT2D eigenvalue weighted by molar-refractivity contribution is -0.870. The molecular weight excluding hydrogens is 185 g/mol. The van der Waals surface area contributed by atoms with Gasteiger partial charge in [0.1, 0.15) is 6.54 Å². The van der Waals surface area contributed by atoms with Crippen LogP contribution in [-0.4, -0.2) is 43.9 Å². The summed E-state index contributed by atoms with van der Waals surface area (Å²) < 4.78 is 9.39. The van der Waals surface area contributed by atoms with Gasteiger partial charge in [0.15, 0.2) is 0 Å². The van der Waals surface area contributed by atoms with E-state index in [1.54, 1.807) is 0 Å². The first-order valence-corrected chi connectivity index (χ1v) is 4.66. The Hall–Kier alpha value is 0.0300. The van der Waals surface area contributed by atoms with Crippen LogP contribution < -0.4 is 14.7 Å². The normalized spacial score (nSPS) is 11.9. The fraction of sp³-hybridized carbons (Fsp3) is 1.00. The number of rotatable bonds is 2. The van der Waals surface area contributed by atoms with E-state index in [1.165, 1.54) is 0 Å². The van der Waals surface area contributed by atoms with Crippen molar-refractivity contribution in [3.63, 3.8) is 0 Å². The molecular formula is C5H14NO5P-2. The molecule has 6 nitrogen and oxygen atoms in total. The Kier molecular flexibility index (Phi) is 6.83. The van der Waals surface area contributed by atoms with Crippen LogP contribution in [-0.2, 0) is 4.57 Å². The molecule has 0 saturated carbocycles. The van der Waals surface area contributed by atoms with E-state index in [1.807, 2.05) is 0 Å². The molecule has 0 aliphatic heterocycles. The van der Waals surface area contributed by atoms with Gasteiger partial charge in [-0.3, -0.25) is 0 Å². The second-order valence-corrected chi connectivity index (χ2v) is 4.08.